The molecule has 2 heterocycles. The number of aliphatic hydroxyl groups is 1. The fraction of sp³-hybridized carbons (Fsp3) is 0.533. The van der Waals surface area contributed by atoms with Crippen molar-refractivity contribution in [1.82, 2.24) is 14.5 Å². The van der Waals surface area contributed by atoms with Crippen molar-refractivity contribution in [1.29, 1.82) is 0 Å². The third-order valence-corrected chi connectivity index (χ3v) is 6.32. The summed E-state index contributed by atoms with van der Waals surface area (Å²) >= 11 is 0. The Bertz CT molecular complexity index is 708. The number of rotatable bonds is 3. The molecule has 7 nitrogen and oxygen atoms in total. The van der Waals surface area contributed by atoms with Crippen molar-refractivity contribution in [2.24, 2.45) is 0 Å². The molecule has 1 amide bonds. The number of nitrogens with one attached hydrogen (secondary N) is 1. The number of hydrogen-bond acceptors (Lipinski definition) is 5. The summed E-state index contributed by atoms with van der Waals surface area (Å²) < 4.78 is 39.3. The van der Waals surface area contributed by atoms with Crippen molar-refractivity contribution in [3.8, 4) is 0 Å². The number of amides is 1. The normalized spacial score (nSPS) is 24.8. The van der Waals surface area contributed by atoms with Crippen molar-refractivity contribution in [2.75, 3.05) is 32.7 Å². The lowest BCUT2D eigenvalue weighted by Gasteiger charge is -2.35. The van der Waals surface area contributed by atoms with Gasteiger partial charge in [-0.1, -0.05) is 0 Å². The van der Waals surface area contributed by atoms with Crippen molar-refractivity contribution >= 4 is 28.3 Å². The molecule has 2 fully saturated rings. The first-order valence-corrected chi connectivity index (χ1v) is 9.28. The molecule has 2 aliphatic heterocycles. The predicted octanol–water partition coefficient (Wildman–Crippen LogP) is -0.197. The summed E-state index contributed by atoms with van der Waals surface area (Å²) in [6.45, 7) is 1.39. The number of halogens is 2. The minimum absolute atomic E-state index is 0. The molecule has 0 bridgehead atoms. The fourth-order valence-corrected chi connectivity index (χ4v) is 4.45. The van der Waals surface area contributed by atoms with E-state index in [1.807, 2.05) is 0 Å². The minimum Gasteiger partial charge on any atom is -0.392 e. The maximum atomic E-state index is 13.0. The summed E-state index contributed by atoms with van der Waals surface area (Å²) in [7, 11) is -3.68. The van der Waals surface area contributed by atoms with Crippen molar-refractivity contribution in [3.63, 3.8) is 0 Å². The molecule has 2 N–H and O–H groups in total. The van der Waals surface area contributed by atoms with Crippen LogP contribution in [-0.2, 0) is 14.8 Å². The molecule has 2 saturated heterocycles. The number of piperazine rings is 1. The van der Waals surface area contributed by atoms with Gasteiger partial charge in [-0.3, -0.25) is 4.79 Å². The maximum Gasteiger partial charge on any atom is 0.243 e. The predicted molar refractivity (Wildman–Crippen MR) is 91.4 cm³/mol. The van der Waals surface area contributed by atoms with Crippen LogP contribution in [0.25, 0.3) is 0 Å². The Balaban J connectivity index is 0.00000225. The summed E-state index contributed by atoms with van der Waals surface area (Å²) in [4.78, 5) is 14.0. The zero-order chi connectivity index (χ0) is 17.3. The molecule has 0 saturated carbocycles. The number of β-amino-alcohol motifs (C(OH)–C–C–N with tert-alkyl or cyclic N) is 1. The molecule has 1 aromatic rings. The second-order valence-electron chi connectivity index (χ2n) is 6.03. The van der Waals surface area contributed by atoms with Crippen molar-refractivity contribution < 1.29 is 22.7 Å². The number of benzene rings is 1. The lowest BCUT2D eigenvalue weighted by molar-refractivity contribution is -0.134. The lowest BCUT2D eigenvalue weighted by Crippen LogP contribution is -2.54. The molecular formula is C15H21ClFN3O4S. The Morgan fingerprint density at radius 1 is 1.16 bits per heavy atom. The molecule has 10 heteroatoms. The molecule has 0 aromatic heterocycles. The van der Waals surface area contributed by atoms with Crippen molar-refractivity contribution in [2.45, 2.75) is 23.5 Å². The van der Waals surface area contributed by atoms with E-state index in [1.54, 1.807) is 4.90 Å². The number of carbonyl (C=O) groups excluding carboxylic acids is 1. The average molecular weight is 394 g/mol. The van der Waals surface area contributed by atoms with Gasteiger partial charge in [-0.15, -0.1) is 12.4 Å². The van der Waals surface area contributed by atoms with E-state index in [0.29, 0.717) is 26.1 Å². The first kappa shape index (κ1) is 20.1. The van der Waals surface area contributed by atoms with Gasteiger partial charge in [-0.05, 0) is 30.7 Å². The molecule has 0 aliphatic carbocycles. The van der Waals surface area contributed by atoms with Gasteiger partial charge in [0.15, 0.2) is 0 Å². The van der Waals surface area contributed by atoms with Gasteiger partial charge in [0.05, 0.1) is 17.0 Å². The molecule has 2 unspecified atom stereocenters. The van der Waals surface area contributed by atoms with Gasteiger partial charge in [-0.2, -0.15) is 4.31 Å². The van der Waals surface area contributed by atoms with Crippen LogP contribution >= 0.6 is 12.4 Å². The zero-order valence-electron chi connectivity index (χ0n) is 13.5. The van der Waals surface area contributed by atoms with E-state index in [-0.39, 0.29) is 36.3 Å². The molecule has 0 spiro atoms. The van der Waals surface area contributed by atoms with E-state index in [9.17, 15) is 22.7 Å². The Hall–Kier alpha value is -1.26. The van der Waals surface area contributed by atoms with Crippen LogP contribution in [0.5, 0.6) is 0 Å². The maximum absolute atomic E-state index is 13.0. The summed E-state index contributed by atoms with van der Waals surface area (Å²) in [6, 6.07) is 4.31. The van der Waals surface area contributed by atoms with Gasteiger partial charge < -0.3 is 15.3 Å². The van der Waals surface area contributed by atoms with Crippen LogP contribution < -0.4 is 5.32 Å². The summed E-state index contributed by atoms with van der Waals surface area (Å²) in [6.07, 6.45) is -0.133. The van der Waals surface area contributed by atoms with Gasteiger partial charge >= 0.3 is 0 Å². The van der Waals surface area contributed by atoms with Crippen LogP contribution in [0.3, 0.4) is 0 Å². The Morgan fingerprint density at radius 3 is 2.28 bits per heavy atom. The Morgan fingerprint density at radius 2 is 1.76 bits per heavy atom. The largest absolute Gasteiger partial charge is 0.392 e. The standard InChI is InChI=1S/C15H20FN3O4S.ClH/c16-11-1-3-13(4-2-11)24(22,23)19-7-5-18(6-8-19)15(21)14-9-12(20)10-17-14;/h1-4,12,14,17,20H,5-10H2;1H. The molecular weight excluding hydrogens is 373 g/mol. The monoisotopic (exact) mass is 393 g/mol. The van der Waals surface area contributed by atoms with Gasteiger partial charge in [0, 0.05) is 32.7 Å². The number of carbonyl (C=O) groups is 1. The highest BCUT2D eigenvalue weighted by atomic mass is 35.5. The third kappa shape index (κ3) is 4.29. The van der Waals surface area contributed by atoms with Crippen LogP contribution in [0.2, 0.25) is 0 Å². The Kier molecular flexibility index (Phi) is 6.39. The summed E-state index contributed by atoms with van der Waals surface area (Å²) in [5, 5.41) is 12.5. The van der Waals surface area contributed by atoms with Gasteiger partial charge in [0.25, 0.3) is 0 Å². The second-order valence-corrected chi connectivity index (χ2v) is 7.97. The number of aliphatic hydroxyl groups excluding tert-OH is 1. The van der Waals surface area contributed by atoms with Crippen LogP contribution in [0.1, 0.15) is 6.42 Å². The first-order valence-electron chi connectivity index (χ1n) is 7.84. The highest BCUT2D eigenvalue weighted by Crippen LogP contribution is 2.19. The van der Waals surface area contributed by atoms with Gasteiger partial charge in [0.2, 0.25) is 15.9 Å². The van der Waals surface area contributed by atoms with E-state index >= 15 is 0 Å². The highest BCUT2D eigenvalue weighted by molar-refractivity contribution is 7.89. The smallest absolute Gasteiger partial charge is 0.243 e. The van der Waals surface area contributed by atoms with E-state index in [1.165, 1.54) is 16.4 Å². The zero-order valence-corrected chi connectivity index (χ0v) is 15.1. The lowest BCUT2D eigenvalue weighted by atomic mass is 10.1. The van der Waals surface area contributed by atoms with E-state index in [0.717, 1.165) is 12.1 Å². The fourth-order valence-electron chi connectivity index (χ4n) is 3.03. The second kappa shape index (κ2) is 7.96. The van der Waals surface area contributed by atoms with E-state index < -0.39 is 28.0 Å². The number of nitrogens with zero attached hydrogens (tertiary/aromatic N) is 2. The van der Waals surface area contributed by atoms with Crippen LogP contribution in [0.15, 0.2) is 29.2 Å². The van der Waals surface area contributed by atoms with Crippen LogP contribution in [0, 0.1) is 5.82 Å². The molecule has 2 atom stereocenters. The van der Waals surface area contributed by atoms with E-state index in [2.05, 4.69) is 5.32 Å². The molecule has 140 valence electrons. The number of hydrogen-bond donors (Lipinski definition) is 2. The quantitative estimate of drug-likeness (QED) is 0.742. The molecule has 0 radical (unpaired) electrons. The topological polar surface area (TPSA) is 89.9 Å². The number of sulfonamides is 1. The minimum atomic E-state index is -3.68. The van der Waals surface area contributed by atoms with Crippen LogP contribution in [-0.4, -0.2) is 73.5 Å². The SMILES string of the molecule is Cl.O=C(C1CC(O)CN1)N1CCN(S(=O)(=O)c2ccc(F)cc2)CC1. The molecule has 3 rings (SSSR count). The third-order valence-electron chi connectivity index (χ3n) is 4.41. The molecule has 2 aliphatic rings. The van der Waals surface area contributed by atoms with Crippen molar-refractivity contribution in [3.05, 3.63) is 30.1 Å². The Labute approximate surface area is 152 Å². The molecule has 25 heavy (non-hydrogen) atoms. The highest BCUT2D eigenvalue weighted by Gasteiger charge is 2.35. The van der Waals surface area contributed by atoms with Gasteiger partial charge in [0.1, 0.15) is 5.82 Å². The van der Waals surface area contributed by atoms with Gasteiger partial charge in [-0.25, -0.2) is 12.8 Å². The van der Waals surface area contributed by atoms with Crippen LogP contribution in [0.4, 0.5) is 4.39 Å². The summed E-state index contributed by atoms with van der Waals surface area (Å²) in [5.74, 6) is -0.596. The van der Waals surface area contributed by atoms with E-state index in [4.69, 9.17) is 0 Å². The molecule has 1 aromatic carbocycles. The average Bonchev–Trinajstić information content (AvgIpc) is 3.01. The summed E-state index contributed by atoms with van der Waals surface area (Å²) in [5.41, 5.74) is 0. The first-order chi connectivity index (χ1) is 11.4.